The highest BCUT2D eigenvalue weighted by Gasteiger charge is 2.03. The van der Waals surface area contributed by atoms with Crippen LogP contribution < -0.4 is 0 Å². The second-order valence-corrected chi connectivity index (χ2v) is 9.88. The molecule has 0 unspecified atom stereocenters. The number of benzene rings is 1. The molecule has 194 valence electrons. The third-order valence-corrected chi connectivity index (χ3v) is 6.39. The van der Waals surface area contributed by atoms with E-state index in [1.54, 1.807) is 0 Å². The summed E-state index contributed by atoms with van der Waals surface area (Å²) < 4.78 is 5.31. The molecule has 0 fully saturated rings. The summed E-state index contributed by atoms with van der Waals surface area (Å²) in [5.74, 6) is 12.3. The molecule has 0 aliphatic heterocycles. The van der Waals surface area contributed by atoms with Crippen molar-refractivity contribution in [1.82, 2.24) is 0 Å². The number of hydrogen-bond acceptors (Lipinski definition) is 2. The van der Waals surface area contributed by atoms with Crippen LogP contribution >= 0.6 is 11.6 Å². The van der Waals surface area contributed by atoms with Crippen LogP contribution in [0.5, 0.6) is 0 Å². The van der Waals surface area contributed by atoms with Crippen molar-refractivity contribution in [3.05, 3.63) is 34.9 Å². The van der Waals surface area contributed by atoms with Crippen molar-refractivity contribution in [1.29, 1.82) is 0 Å². The van der Waals surface area contributed by atoms with Crippen molar-refractivity contribution >= 4 is 17.6 Å². The van der Waals surface area contributed by atoms with Gasteiger partial charge in [-0.25, -0.2) is 0 Å². The number of ether oxygens (including phenoxy) is 1. The molecular weight excluding hydrogens is 452 g/mol. The predicted molar refractivity (Wildman–Crippen MR) is 150 cm³/mol. The zero-order chi connectivity index (χ0) is 25.2. The van der Waals surface area contributed by atoms with E-state index in [1.807, 2.05) is 24.3 Å². The van der Waals surface area contributed by atoms with Crippen molar-refractivity contribution in [3.63, 3.8) is 0 Å². The summed E-state index contributed by atoms with van der Waals surface area (Å²) in [5.41, 5.74) is 0.964. The van der Waals surface area contributed by atoms with Gasteiger partial charge in [0, 0.05) is 24.3 Å². The molecular formula is C32H47ClO2. The van der Waals surface area contributed by atoms with Gasteiger partial charge < -0.3 is 4.74 Å². The lowest BCUT2D eigenvalue weighted by molar-refractivity contribution is -0.145. The highest BCUT2D eigenvalue weighted by atomic mass is 35.5. The fourth-order valence-corrected chi connectivity index (χ4v) is 4.05. The molecule has 0 radical (unpaired) electrons. The number of carbonyl (C=O) groups excluding carboxylic acids is 1. The number of hydrogen-bond donors (Lipinski definition) is 0. The summed E-state index contributed by atoms with van der Waals surface area (Å²) in [4.78, 5) is 11.8. The Morgan fingerprint density at radius 3 is 1.66 bits per heavy atom. The third-order valence-electron chi connectivity index (χ3n) is 6.14. The maximum atomic E-state index is 11.8. The molecule has 0 saturated heterocycles. The standard InChI is InChI=1S/C32H47ClO2/c1-2-3-4-5-6-7-8-9-10-11-12-13-14-15-16-17-18-19-20-21-22-23-24-32(34)35-29-30-25-27-31(33)28-26-30/h25-28H,2-12,17-24,29H2,1H3. The minimum absolute atomic E-state index is 0.121. The Kier molecular flexibility index (Phi) is 21.2. The fraction of sp³-hybridized carbons (Fsp3) is 0.656. The van der Waals surface area contributed by atoms with Crippen LogP contribution in [0.4, 0.5) is 0 Å². The van der Waals surface area contributed by atoms with E-state index in [-0.39, 0.29) is 5.97 Å². The molecule has 0 heterocycles. The summed E-state index contributed by atoms with van der Waals surface area (Å²) in [6, 6.07) is 7.38. The van der Waals surface area contributed by atoms with E-state index < -0.39 is 0 Å². The van der Waals surface area contributed by atoms with Gasteiger partial charge in [-0.05, 0) is 48.8 Å². The monoisotopic (exact) mass is 498 g/mol. The van der Waals surface area contributed by atoms with Crippen LogP contribution in [0.1, 0.15) is 134 Å². The van der Waals surface area contributed by atoms with Crippen molar-refractivity contribution in [2.24, 2.45) is 0 Å². The van der Waals surface area contributed by atoms with Gasteiger partial charge in [0.1, 0.15) is 6.61 Å². The Morgan fingerprint density at radius 1 is 0.686 bits per heavy atom. The fourth-order valence-electron chi connectivity index (χ4n) is 3.92. The lowest BCUT2D eigenvalue weighted by Crippen LogP contribution is -2.04. The molecule has 0 amide bonds. The van der Waals surface area contributed by atoms with Crippen LogP contribution in [0.3, 0.4) is 0 Å². The number of halogens is 1. The third kappa shape index (κ3) is 21.1. The molecule has 3 heteroatoms. The van der Waals surface area contributed by atoms with Gasteiger partial charge in [0.05, 0.1) is 0 Å². The average Bonchev–Trinajstić information content (AvgIpc) is 2.86. The van der Waals surface area contributed by atoms with Crippen molar-refractivity contribution in [2.45, 2.75) is 136 Å². The quantitative estimate of drug-likeness (QED) is 0.101. The van der Waals surface area contributed by atoms with Gasteiger partial charge in [0.25, 0.3) is 0 Å². The predicted octanol–water partition coefficient (Wildman–Crippen LogP) is 9.82. The molecule has 0 aliphatic rings. The summed E-state index contributed by atoms with van der Waals surface area (Å²) in [7, 11) is 0. The normalized spacial score (nSPS) is 10.2. The van der Waals surface area contributed by atoms with E-state index in [0.29, 0.717) is 18.1 Å². The van der Waals surface area contributed by atoms with Crippen LogP contribution in [0, 0.1) is 23.7 Å². The first-order valence-electron chi connectivity index (χ1n) is 14.1. The first-order chi connectivity index (χ1) is 17.2. The summed E-state index contributed by atoms with van der Waals surface area (Å²) in [5, 5.41) is 0.690. The second-order valence-electron chi connectivity index (χ2n) is 9.44. The maximum Gasteiger partial charge on any atom is 0.306 e. The molecule has 0 spiro atoms. The molecule has 2 nitrogen and oxygen atoms in total. The highest BCUT2D eigenvalue weighted by molar-refractivity contribution is 6.30. The van der Waals surface area contributed by atoms with E-state index in [1.165, 1.54) is 77.0 Å². The van der Waals surface area contributed by atoms with Gasteiger partial charge in [-0.1, -0.05) is 126 Å². The largest absolute Gasteiger partial charge is 0.461 e. The van der Waals surface area contributed by atoms with Crippen LogP contribution in [-0.2, 0) is 16.1 Å². The first-order valence-corrected chi connectivity index (χ1v) is 14.5. The van der Waals surface area contributed by atoms with E-state index in [9.17, 15) is 4.79 Å². The van der Waals surface area contributed by atoms with Crippen LogP contribution in [0.15, 0.2) is 24.3 Å². The Balaban J connectivity index is 1.83. The zero-order valence-corrected chi connectivity index (χ0v) is 22.9. The number of unbranched alkanes of at least 4 members (excludes halogenated alkanes) is 16. The minimum Gasteiger partial charge on any atom is -0.461 e. The SMILES string of the molecule is CCCCCCCCCCCCC#CC#CCCCCCCCCC(=O)OCc1ccc(Cl)cc1. The number of carbonyl (C=O) groups is 1. The molecule has 0 bridgehead atoms. The van der Waals surface area contributed by atoms with Crippen LogP contribution in [0.25, 0.3) is 0 Å². The molecule has 0 saturated carbocycles. The Hall–Kier alpha value is -1.90. The smallest absolute Gasteiger partial charge is 0.306 e. The van der Waals surface area contributed by atoms with Gasteiger partial charge in [-0.3, -0.25) is 4.79 Å². The molecule has 1 rings (SSSR count). The second kappa shape index (κ2) is 23.8. The minimum atomic E-state index is -0.121. The van der Waals surface area contributed by atoms with Gasteiger partial charge >= 0.3 is 5.97 Å². The summed E-state index contributed by atoms with van der Waals surface area (Å²) in [6.45, 7) is 2.59. The Labute approximate surface area is 220 Å². The average molecular weight is 499 g/mol. The molecule has 0 atom stereocenters. The molecule has 0 N–H and O–H groups in total. The highest BCUT2D eigenvalue weighted by Crippen LogP contribution is 2.13. The lowest BCUT2D eigenvalue weighted by atomic mass is 10.1. The zero-order valence-electron chi connectivity index (χ0n) is 22.1. The molecule has 35 heavy (non-hydrogen) atoms. The van der Waals surface area contributed by atoms with Crippen molar-refractivity contribution in [3.8, 4) is 23.7 Å². The number of rotatable bonds is 20. The van der Waals surface area contributed by atoms with Crippen LogP contribution in [-0.4, -0.2) is 5.97 Å². The van der Waals surface area contributed by atoms with Gasteiger partial charge in [-0.15, -0.1) is 0 Å². The maximum absolute atomic E-state index is 11.8. The lowest BCUT2D eigenvalue weighted by Gasteiger charge is -2.05. The summed E-state index contributed by atoms with van der Waals surface area (Å²) >= 11 is 5.85. The molecule has 0 aliphatic carbocycles. The summed E-state index contributed by atoms with van der Waals surface area (Å²) in [6.07, 6.45) is 22.7. The molecule has 1 aromatic carbocycles. The van der Waals surface area contributed by atoms with E-state index >= 15 is 0 Å². The van der Waals surface area contributed by atoms with Crippen LogP contribution in [0.2, 0.25) is 5.02 Å². The molecule has 1 aromatic rings. The van der Waals surface area contributed by atoms with Gasteiger partial charge in [0.15, 0.2) is 0 Å². The Morgan fingerprint density at radius 2 is 1.14 bits per heavy atom. The van der Waals surface area contributed by atoms with E-state index in [2.05, 4.69) is 30.6 Å². The molecule has 0 aromatic heterocycles. The van der Waals surface area contributed by atoms with Gasteiger partial charge in [-0.2, -0.15) is 0 Å². The van der Waals surface area contributed by atoms with Gasteiger partial charge in [0.2, 0.25) is 0 Å². The first kappa shape index (κ1) is 31.1. The van der Waals surface area contributed by atoms with Crippen molar-refractivity contribution in [2.75, 3.05) is 0 Å². The van der Waals surface area contributed by atoms with E-state index in [4.69, 9.17) is 16.3 Å². The topological polar surface area (TPSA) is 26.3 Å². The van der Waals surface area contributed by atoms with E-state index in [0.717, 1.165) is 44.1 Å². The number of esters is 1. The van der Waals surface area contributed by atoms with Crippen molar-refractivity contribution < 1.29 is 9.53 Å². The Bertz CT molecular complexity index is 761.